The number of amides is 1. The number of aromatic nitrogens is 1. The maximum absolute atomic E-state index is 12.2. The van der Waals surface area contributed by atoms with Crippen LogP contribution >= 0.6 is 0 Å². The SMILES string of the molecule is CCCCCNC(=O)c1cc(NCCC)nc(C(C)C)c1. The lowest BCUT2D eigenvalue weighted by molar-refractivity contribution is 0.0953. The van der Waals surface area contributed by atoms with Crippen LogP contribution in [0.25, 0.3) is 0 Å². The molecule has 0 radical (unpaired) electrons. The molecule has 0 aromatic carbocycles. The molecule has 0 unspecified atom stereocenters. The van der Waals surface area contributed by atoms with Crippen molar-refractivity contribution < 1.29 is 4.79 Å². The normalized spacial score (nSPS) is 10.7. The van der Waals surface area contributed by atoms with E-state index in [4.69, 9.17) is 0 Å². The molecular formula is C17H29N3O. The number of rotatable bonds is 9. The minimum Gasteiger partial charge on any atom is -0.370 e. The van der Waals surface area contributed by atoms with Crippen LogP contribution in [0.2, 0.25) is 0 Å². The molecule has 1 heterocycles. The van der Waals surface area contributed by atoms with Gasteiger partial charge < -0.3 is 10.6 Å². The van der Waals surface area contributed by atoms with Crippen LogP contribution in [-0.2, 0) is 0 Å². The summed E-state index contributed by atoms with van der Waals surface area (Å²) in [6.07, 6.45) is 4.38. The molecule has 4 heteroatoms. The van der Waals surface area contributed by atoms with E-state index < -0.39 is 0 Å². The quantitative estimate of drug-likeness (QED) is 0.677. The molecule has 2 N–H and O–H groups in total. The van der Waals surface area contributed by atoms with Gasteiger partial charge in [-0.1, -0.05) is 40.5 Å². The molecule has 0 saturated heterocycles. The van der Waals surface area contributed by atoms with Gasteiger partial charge in [-0.3, -0.25) is 4.79 Å². The fraction of sp³-hybridized carbons (Fsp3) is 0.647. The molecule has 21 heavy (non-hydrogen) atoms. The Morgan fingerprint density at radius 3 is 2.52 bits per heavy atom. The third-order valence-electron chi connectivity index (χ3n) is 3.32. The molecule has 118 valence electrons. The average molecular weight is 291 g/mol. The average Bonchev–Trinajstić information content (AvgIpc) is 2.49. The highest BCUT2D eigenvalue weighted by Gasteiger charge is 2.11. The first-order valence-corrected chi connectivity index (χ1v) is 8.12. The van der Waals surface area contributed by atoms with Gasteiger partial charge in [-0.05, 0) is 30.9 Å². The zero-order valence-electron chi connectivity index (χ0n) is 13.8. The second-order valence-electron chi connectivity index (χ2n) is 5.71. The van der Waals surface area contributed by atoms with E-state index in [0.717, 1.165) is 50.3 Å². The van der Waals surface area contributed by atoms with E-state index in [1.807, 2.05) is 12.1 Å². The Bertz CT molecular complexity index is 444. The summed E-state index contributed by atoms with van der Waals surface area (Å²) in [5, 5.41) is 6.26. The van der Waals surface area contributed by atoms with Gasteiger partial charge in [0.25, 0.3) is 5.91 Å². The Kier molecular flexibility index (Phi) is 7.80. The van der Waals surface area contributed by atoms with Gasteiger partial charge in [0.05, 0.1) is 0 Å². The van der Waals surface area contributed by atoms with Gasteiger partial charge in [-0.2, -0.15) is 0 Å². The molecule has 0 bridgehead atoms. The lowest BCUT2D eigenvalue weighted by Gasteiger charge is -2.12. The van der Waals surface area contributed by atoms with Crippen LogP contribution in [0.4, 0.5) is 5.82 Å². The summed E-state index contributed by atoms with van der Waals surface area (Å²) >= 11 is 0. The van der Waals surface area contributed by atoms with Crippen LogP contribution in [0.1, 0.15) is 75.3 Å². The van der Waals surface area contributed by atoms with Crippen LogP contribution in [0.3, 0.4) is 0 Å². The first-order valence-electron chi connectivity index (χ1n) is 8.12. The van der Waals surface area contributed by atoms with Crippen molar-refractivity contribution in [1.82, 2.24) is 10.3 Å². The summed E-state index contributed by atoms with van der Waals surface area (Å²) < 4.78 is 0. The van der Waals surface area contributed by atoms with Crippen molar-refractivity contribution in [2.45, 2.75) is 59.3 Å². The molecule has 0 fully saturated rings. The summed E-state index contributed by atoms with van der Waals surface area (Å²) in [5.74, 6) is 1.09. The second-order valence-corrected chi connectivity index (χ2v) is 5.71. The van der Waals surface area contributed by atoms with Crippen molar-refractivity contribution >= 4 is 11.7 Å². The highest BCUT2D eigenvalue weighted by Crippen LogP contribution is 2.17. The molecule has 1 aromatic rings. The minimum atomic E-state index is -0.00467. The van der Waals surface area contributed by atoms with E-state index in [2.05, 4.69) is 43.3 Å². The second kappa shape index (κ2) is 9.37. The molecule has 1 aromatic heterocycles. The van der Waals surface area contributed by atoms with Crippen molar-refractivity contribution in [1.29, 1.82) is 0 Å². The molecule has 0 spiro atoms. The molecule has 1 rings (SSSR count). The molecule has 4 nitrogen and oxygen atoms in total. The van der Waals surface area contributed by atoms with E-state index in [-0.39, 0.29) is 5.91 Å². The smallest absolute Gasteiger partial charge is 0.251 e. The summed E-state index contributed by atoms with van der Waals surface area (Å²) in [7, 11) is 0. The number of hydrogen-bond acceptors (Lipinski definition) is 3. The fourth-order valence-corrected chi connectivity index (χ4v) is 2.00. The third kappa shape index (κ3) is 6.15. The number of anilines is 1. The van der Waals surface area contributed by atoms with Gasteiger partial charge in [0.2, 0.25) is 0 Å². The summed E-state index contributed by atoms with van der Waals surface area (Å²) in [5.41, 5.74) is 1.65. The number of carbonyl (C=O) groups excluding carboxylic acids is 1. The summed E-state index contributed by atoms with van der Waals surface area (Å²) in [6.45, 7) is 10.1. The molecule has 0 atom stereocenters. The van der Waals surface area contributed by atoms with E-state index in [1.165, 1.54) is 0 Å². The van der Waals surface area contributed by atoms with Crippen molar-refractivity contribution in [3.8, 4) is 0 Å². The topological polar surface area (TPSA) is 54.0 Å². The Balaban J connectivity index is 2.78. The Labute approximate surface area is 128 Å². The highest BCUT2D eigenvalue weighted by molar-refractivity contribution is 5.95. The van der Waals surface area contributed by atoms with Gasteiger partial charge in [-0.25, -0.2) is 4.98 Å². The van der Waals surface area contributed by atoms with Crippen LogP contribution in [-0.4, -0.2) is 24.0 Å². The lowest BCUT2D eigenvalue weighted by atomic mass is 10.1. The minimum absolute atomic E-state index is 0.00467. The molecular weight excluding hydrogens is 262 g/mol. The van der Waals surface area contributed by atoms with Crippen molar-refractivity contribution in [3.05, 3.63) is 23.4 Å². The lowest BCUT2D eigenvalue weighted by Crippen LogP contribution is -2.25. The van der Waals surface area contributed by atoms with Crippen molar-refractivity contribution in [2.75, 3.05) is 18.4 Å². The fourth-order valence-electron chi connectivity index (χ4n) is 2.00. The zero-order valence-corrected chi connectivity index (χ0v) is 13.8. The first-order chi connectivity index (χ1) is 10.1. The van der Waals surface area contributed by atoms with Crippen LogP contribution < -0.4 is 10.6 Å². The van der Waals surface area contributed by atoms with Gasteiger partial charge in [-0.15, -0.1) is 0 Å². The van der Waals surface area contributed by atoms with Crippen molar-refractivity contribution in [2.24, 2.45) is 0 Å². The largest absolute Gasteiger partial charge is 0.370 e. The van der Waals surface area contributed by atoms with Crippen molar-refractivity contribution in [3.63, 3.8) is 0 Å². The van der Waals surface area contributed by atoms with E-state index in [0.29, 0.717) is 11.5 Å². The van der Waals surface area contributed by atoms with E-state index in [9.17, 15) is 4.79 Å². The number of nitrogens with zero attached hydrogens (tertiary/aromatic N) is 1. The van der Waals surface area contributed by atoms with Crippen LogP contribution in [0.5, 0.6) is 0 Å². The number of nitrogens with one attached hydrogen (secondary N) is 2. The maximum Gasteiger partial charge on any atom is 0.251 e. The Hall–Kier alpha value is -1.58. The summed E-state index contributed by atoms with van der Waals surface area (Å²) in [4.78, 5) is 16.8. The molecule has 0 aliphatic heterocycles. The number of carbonyl (C=O) groups is 1. The Morgan fingerprint density at radius 1 is 1.14 bits per heavy atom. The monoisotopic (exact) mass is 291 g/mol. The number of hydrogen-bond donors (Lipinski definition) is 2. The molecule has 0 aliphatic rings. The van der Waals surface area contributed by atoms with Gasteiger partial charge in [0.1, 0.15) is 5.82 Å². The molecule has 0 aliphatic carbocycles. The number of pyridine rings is 1. The molecule has 0 saturated carbocycles. The van der Waals surface area contributed by atoms with Gasteiger partial charge >= 0.3 is 0 Å². The number of unbranched alkanes of at least 4 members (excludes halogenated alkanes) is 2. The maximum atomic E-state index is 12.2. The predicted octanol–water partition coefficient (Wildman–Crippen LogP) is 3.95. The van der Waals surface area contributed by atoms with E-state index >= 15 is 0 Å². The summed E-state index contributed by atoms with van der Waals surface area (Å²) in [6, 6.07) is 3.74. The van der Waals surface area contributed by atoms with Gasteiger partial charge in [0, 0.05) is 24.3 Å². The molecule has 1 amide bonds. The zero-order chi connectivity index (χ0) is 15.7. The standard InChI is InChI=1S/C17H29N3O/c1-5-7-8-10-19-17(21)14-11-15(13(3)4)20-16(12-14)18-9-6-2/h11-13H,5-10H2,1-4H3,(H,18,20)(H,19,21). The van der Waals surface area contributed by atoms with Crippen LogP contribution in [0.15, 0.2) is 12.1 Å². The van der Waals surface area contributed by atoms with Gasteiger partial charge in [0.15, 0.2) is 0 Å². The predicted molar refractivity (Wildman–Crippen MR) is 89.0 cm³/mol. The van der Waals surface area contributed by atoms with Crippen LogP contribution in [0, 0.1) is 0 Å². The third-order valence-corrected chi connectivity index (χ3v) is 3.32. The van der Waals surface area contributed by atoms with E-state index in [1.54, 1.807) is 0 Å². The highest BCUT2D eigenvalue weighted by atomic mass is 16.1. The Morgan fingerprint density at radius 2 is 1.90 bits per heavy atom. The first kappa shape index (κ1) is 17.5.